The van der Waals surface area contributed by atoms with Crippen LogP contribution in [0.5, 0.6) is 11.5 Å². The fraction of sp³-hybridized carbons (Fsp3) is 0.320. The number of carbonyl (C=O) groups is 1. The standard InChI is InChI=1S/C25H22FNO5/c26-17-4-1-14(2-5-17)3-6-22(29)32-25-19(28)9-15-7-8-27-12-16-10-20-21(31-13-30-20)11-18(16)23(25)24(15)27/h1-6,9-11,19,23-25,28H,7-8,12-13H2/b6-3+/t19-,23?,24?,25+/m0/s1. The van der Waals surface area contributed by atoms with Crippen molar-refractivity contribution in [2.75, 3.05) is 13.3 Å². The molecule has 2 aromatic rings. The van der Waals surface area contributed by atoms with Gasteiger partial charge >= 0.3 is 5.97 Å². The van der Waals surface area contributed by atoms with Crippen LogP contribution in [0.2, 0.25) is 0 Å². The van der Waals surface area contributed by atoms with Gasteiger partial charge in [-0.25, -0.2) is 9.18 Å². The maximum absolute atomic E-state index is 13.1. The second-order valence-electron chi connectivity index (χ2n) is 8.61. The van der Waals surface area contributed by atoms with E-state index in [4.69, 9.17) is 14.2 Å². The van der Waals surface area contributed by atoms with Crippen LogP contribution >= 0.6 is 0 Å². The van der Waals surface area contributed by atoms with Gasteiger partial charge in [0.2, 0.25) is 6.79 Å². The molecule has 1 saturated heterocycles. The second-order valence-corrected chi connectivity index (χ2v) is 8.61. The minimum atomic E-state index is -0.897. The zero-order valence-corrected chi connectivity index (χ0v) is 17.2. The van der Waals surface area contributed by atoms with Gasteiger partial charge in [-0.05, 0) is 53.5 Å². The quantitative estimate of drug-likeness (QED) is 0.454. The molecular formula is C25H22FNO5. The fourth-order valence-corrected chi connectivity index (χ4v) is 5.38. The number of aliphatic hydroxyl groups is 1. The van der Waals surface area contributed by atoms with E-state index in [-0.39, 0.29) is 24.6 Å². The predicted molar refractivity (Wildman–Crippen MR) is 114 cm³/mol. The third-order valence-corrected chi connectivity index (χ3v) is 6.78. The molecule has 32 heavy (non-hydrogen) atoms. The summed E-state index contributed by atoms with van der Waals surface area (Å²) in [6.45, 7) is 1.88. The molecule has 0 bridgehead atoms. The minimum absolute atomic E-state index is 0.0881. The van der Waals surface area contributed by atoms with Gasteiger partial charge in [0.1, 0.15) is 18.0 Å². The number of ether oxygens (including phenoxy) is 3. The molecule has 2 unspecified atom stereocenters. The van der Waals surface area contributed by atoms with Gasteiger partial charge in [0.15, 0.2) is 11.5 Å². The molecule has 0 radical (unpaired) electrons. The molecule has 0 aromatic heterocycles. The van der Waals surface area contributed by atoms with Crippen LogP contribution in [-0.4, -0.2) is 47.6 Å². The maximum atomic E-state index is 13.1. The summed E-state index contributed by atoms with van der Waals surface area (Å²) in [6.07, 6.45) is 4.01. The summed E-state index contributed by atoms with van der Waals surface area (Å²) < 4.78 is 30.1. The SMILES string of the molecule is O=C(/C=C/c1ccc(F)cc1)O[C@H]1C2c3cc4c(cc3CN3CCC(=C[C@@H]1O)C23)OCO4. The largest absolute Gasteiger partial charge is 0.455 e. The van der Waals surface area contributed by atoms with Crippen molar-refractivity contribution in [3.8, 4) is 11.5 Å². The lowest BCUT2D eigenvalue weighted by molar-refractivity contribution is -0.150. The van der Waals surface area contributed by atoms with Crippen molar-refractivity contribution in [3.63, 3.8) is 0 Å². The first-order valence-corrected chi connectivity index (χ1v) is 10.8. The maximum Gasteiger partial charge on any atom is 0.331 e. The Morgan fingerprint density at radius 2 is 1.97 bits per heavy atom. The number of halogens is 1. The molecule has 4 aliphatic rings. The second kappa shape index (κ2) is 7.46. The highest BCUT2D eigenvalue weighted by Crippen LogP contribution is 2.50. The molecule has 0 saturated carbocycles. The van der Waals surface area contributed by atoms with Crippen molar-refractivity contribution in [1.29, 1.82) is 0 Å². The lowest BCUT2D eigenvalue weighted by Gasteiger charge is -2.45. The summed E-state index contributed by atoms with van der Waals surface area (Å²) in [5, 5.41) is 10.9. The van der Waals surface area contributed by atoms with Gasteiger partial charge in [0.25, 0.3) is 0 Å². The number of aliphatic hydroxyl groups excluding tert-OH is 1. The Labute approximate surface area is 184 Å². The number of nitrogens with zero attached hydrogens (tertiary/aromatic N) is 1. The Balaban J connectivity index is 1.32. The van der Waals surface area contributed by atoms with Crippen molar-refractivity contribution in [3.05, 3.63) is 76.6 Å². The number of benzene rings is 2. The third-order valence-electron chi connectivity index (χ3n) is 6.78. The van der Waals surface area contributed by atoms with Gasteiger partial charge in [-0.1, -0.05) is 23.8 Å². The van der Waals surface area contributed by atoms with E-state index in [1.807, 2.05) is 18.2 Å². The van der Waals surface area contributed by atoms with Crippen LogP contribution in [0.1, 0.15) is 29.0 Å². The smallest absolute Gasteiger partial charge is 0.331 e. The fourth-order valence-electron chi connectivity index (χ4n) is 5.38. The van der Waals surface area contributed by atoms with E-state index >= 15 is 0 Å². The van der Waals surface area contributed by atoms with Crippen LogP contribution in [-0.2, 0) is 16.1 Å². The molecule has 3 aliphatic heterocycles. The molecule has 7 heteroatoms. The summed E-state index contributed by atoms with van der Waals surface area (Å²) in [7, 11) is 0. The molecule has 6 rings (SSSR count). The molecule has 3 heterocycles. The van der Waals surface area contributed by atoms with Gasteiger partial charge in [0, 0.05) is 31.1 Å². The van der Waals surface area contributed by atoms with E-state index < -0.39 is 18.2 Å². The van der Waals surface area contributed by atoms with Gasteiger partial charge in [-0.3, -0.25) is 4.90 Å². The summed E-state index contributed by atoms with van der Waals surface area (Å²) in [5.41, 5.74) is 4.02. The topological polar surface area (TPSA) is 68.2 Å². The van der Waals surface area contributed by atoms with Gasteiger partial charge in [0.05, 0.1) is 0 Å². The molecule has 6 nitrogen and oxygen atoms in total. The number of rotatable bonds is 3. The Morgan fingerprint density at radius 3 is 2.78 bits per heavy atom. The average Bonchev–Trinajstić information content (AvgIpc) is 3.41. The Morgan fingerprint density at radius 1 is 1.19 bits per heavy atom. The third kappa shape index (κ3) is 3.20. The first-order valence-electron chi connectivity index (χ1n) is 10.8. The zero-order valence-electron chi connectivity index (χ0n) is 17.2. The summed E-state index contributed by atoms with van der Waals surface area (Å²) in [5.74, 6) is 0.323. The van der Waals surface area contributed by atoms with E-state index in [9.17, 15) is 14.3 Å². The average molecular weight is 435 g/mol. The van der Waals surface area contributed by atoms with Gasteiger partial charge in [-0.2, -0.15) is 0 Å². The summed E-state index contributed by atoms with van der Waals surface area (Å²) in [6, 6.07) is 9.90. The van der Waals surface area contributed by atoms with Crippen molar-refractivity contribution in [2.45, 2.75) is 37.1 Å². The Kier molecular flexibility index (Phi) is 4.55. The van der Waals surface area contributed by atoms with Crippen LogP contribution in [0.25, 0.3) is 6.08 Å². The van der Waals surface area contributed by atoms with Crippen molar-refractivity contribution in [1.82, 2.24) is 4.90 Å². The first kappa shape index (κ1) is 19.5. The lowest BCUT2D eigenvalue weighted by Crippen LogP contribution is -2.51. The normalized spacial score (nSPS) is 27.8. The highest BCUT2D eigenvalue weighted by molar-refractivity contribution is 5.87. The number of hydrogen-bond donors (Lipinski definition) is 1. The van der Waals surface area contributed by atoms with E-state index in [1.54, 1.807) is 18.2 Å². The monoisotopic (exact) mass is 435 g/mol. The highest BCUT2D eigenvalue weighted by atomic mass is 19.1. The zero-order chi connectivity index (χ0) is 21.8. The number of carbonyl (C=O) groups excluding carboxylic acids is 1. The molecule has 1 fully saturated rings. The molecule has 164 valence electrons. The highest BCUT2D eigenvalue weighted by Gasteiger charge is 2.50. The van der Waals surface area contributed by atoms with Crippen molar-refractivity contribution >= 4 is 12.0 Å². The van der Waals surface area contributed by atoms with E-state index in [1.165, 1.54) is 23.8 Å². The summed E-state index contributed by atoms with van der Waals surface area (Å²) in [4.78, 5) is 15.1. The van der Waals surface area contributed by atoms with E-state index in [0.29, 0.717) is 11.3 Å². The van der Waals surface area contributed by atoms with Crippen LogP contribution in [0.15, 0.2) is 54.1 Å². The van der Waals surface area contributed by atoms with Gasteiger partial charge in [-0.15, -0.1) is 0 Å². The molecule has 0 amide bonds. The Bertz CT molecular complexity index is 1140. The van der Waals surface area contributed by atoms with Gasteiger partial charge < -0.3 is 19.3 Å². The van der Waals surface area contributed by atoms with Crippen LogP contribution in [0.4, 0.5) is 4.39 Å². The Hall–Kier alpha value is -3.16. The molecule has 0 spiro atoms. The van der Waals surface area contributed by atoms with E-state index in [0.717, 1.165) is 36.4 Å². The predicted octanol–water partition coefficient (Wildman–Crippen LogP) is 3.15. The first-order chi connectivity index (χ1) is 15.6. The number of fused-ring (bicyclic) bond motifs is 3. The van der Waals surface area contributed by atoms with Crippen LogP contribution in [0, 0.1) is 5.82 Å². The number of esters is 1. The van der Waals surface area contributed by atoms with E-state index in [2.05, 4.69) is 4.90 Å². The van der Waals surface area contributed by atoms with Crippen LogP contribution in [0.3, 0.4) is 0 Å². The molecule has 4 atom stereocenters. The van der Waals surface area contributed by atoms with Crippen molar-refractivity contribution in [2.24, 2.45) is 0 Å². The number of hydrogen-bond acceptors (Lipinski definition) is 6. The molecular weight excluding hydrogens is 413 g/mol. The molecule has 2 aromatic carbocycles. The van der Waals surface area contributed by atoms with Crippen molar-refractivity contribution < 1.29 is 28.5 Å². The minimum Gasteiger partial charge on any atom is -0.455 e. The summed E-state index contributed by atoms with van der Waals surface area (Å²) >= 11 is 0. The van der Waals surface area contributed by atoms with Crippen LogP contribution < -0.4 is 9.47 Å². The molecule has 1 N–H and O–H groups in total. The molecule has 1 aliphatic carbocycles. The lowest BCUT2D eigenvalue weighted by atomic mass is 9.73.